The molecular formula is C18H21N5OS. The number of fused-ring (bicyclic) bond motifs is 3. The van der Waals surface area contributed by atoms with Crippen LogP contribution in [0, 0.1) is 5.92 Å². The lowest BCUT2D eigenvalue weighted by atomic mass is 9.93. The molecule has 0 aliphatic carbocycles. The molecule has 0 bridgehead atoms. The van der Waals surface area contributed by atoms with Crippen LogP contribution in [-0.4, -0.2) is 49.3 Å². The fourth-order valence-electron chi connectivity index (χ4n) is 3.55. The first-order valence-corrected chi connectivity index (χ1v) is 9.64. The van der Waals surface area contributed by atoms with Gasteiger partial charge in [-0.25, -0.2) is 4.98 Å². The number of hydrogen-bond donors (Lipinski definition) is 1. The number of carbonyl (C=O) groups excluding carboxylic acids is 1. The smallest absolute Gasteiger partial charge is 0.233 e. The Hall–Kier alpha value is -2.15. The van der Waals surface area contributed by atoms with E-state index in [1.165, 1.54) is 11.8 Å². The summed E-state index contributed by atoms with van der Waals surface area (Å²) in [4.78, 5) is 22.3. The van der Waals surface area contributed by atoms with Crippen molar-refractivity contribution in [3.8, 4) is 0 Å². The Morgan fingerprint density at radius 1 is 1.32 bits per heavy atom. The molecule has 25 heavy (non-hydrogen) atoms. The SMILES string of the molecule is C[C@H]1CCN(C(=O)CSc2nnc3c(n2)[nH]c2ccccc23)[C@@H](C)C1. The van der Waals surface area contributed by atoms with E-state index in [1.807, 2.05) is 29.2 Å². The van der Waals surface area contributed by atoms with Crippen LogP contribution in [0.1, 0.15) is 26.7 Å². The quantitative estimate of drug-likeness (QED) is 0.730. The van der Waals surface area contributed by atoms with Crippen LogP contribution < -0.4 is 0 Å². The second-order valence-corrected chi connectivity index (χ2v) is 7.76. The fraction of sp³-hybridized carbons (Fsp3) is 0.444. The van der Waals surface area contributed by atoms with Crippen LogP contribution in [0.5, 0.6) is 0 Å². The highest BCUT2D eigenvalue weighted by atomic mass is 32.2. The zero-order valence-electron chi connectivity index (χ0n) is 14.4. The molecule has 1 N–H and O–H groups in total. The van der Waals surface area contributed by atoms with Gasteiger partial charge in [0.15, 0.2) is 5.65 Å². The Balaban J connectivity index is 1.47. The molecule has 0 saturated carbocycles. The van der Waals surface area contributed by atoms with Gasteiger partial charge in [-0.3, -0.25) is 4.79 Å². The molecule has 1 saturated heterocycles. The molecule has 6 nitrogen and oxygen atoms in total. The van der Waals surface area contributed by atoms with Crippen molar-refractivity contribution in [1.82, 2.24) is 25.1 Å². The van der Waals surface area contributed by atoms with Crippen molar-refractivity contribution in [3.05, 3.63) is 24.3 Å². The third-order valence-corrected chi connectivity index (χ3v) is 5.71. The molecule has 0 spiro atoms. The number of hydrogen-bond acceptors (Lipinski definition) is 5. The molecule has 1 fully saturated rings. The number of amides is 1. The largest absolute Gasteiger partial charge is 0.339 e. The molecule has 4 rings (SSSR count). The van der Waals surface area contributed by atoms with E-state index in [9.17, 15) is 4.79 Å². The second kappa shape index (κ2) is 6.63. The number of piperidine rings is 1. The summed E-state index contributed by atoms with van der Waals surface area (Å²) in [6, 6.07) is 8.25. The van der Waals surface area contributed by atoms with Crippen molar-refractivity contribution in [1.29, 1.82) is 0 Å². The third-order valence-electron chi connectivity index (χ3n) is 4.89. The van der Waals surface area contributed by atoms with Crippen molar-refractivity contribution in [2.75, 3.05) is 12.3 Å². The normalized spacial score (nSPS) is 21.1. The summed E-state index contributed by atoms with van der Waals surface area (Å²) < 4.78 is 0. The van der Waals surface area contributed by atoms with Gasteiger partial charge in [0.1, 0.15) is 5.52 Å². The Morgan fingerprint density at radius 3 is 3.00 bits per heavy atom. The minimum Gasteiger partial charge on any atom is -0.339 e. The molecule has 2 aromatic heterocycles. The molecule has 1 aliphatic heterocycles. The zero-order chi connectivity index (χ0) is 17.4. The predicted molar refractivity (Wildman–Crippen MR) is 99.5 cm³/mol. The first-order valence-electron chi connectivity index (χ1n) is 8.65. The number of likely N-dealkylation sites (tertiary alicyclic amines) is 1. The van der Waals surface area contributed by atoms with Crippen molar-refractivity contribution in [2.45, 2.75) is 37.9 Å². The highest BCUT2D eigenvalue weighted by Gasteiger charge is 2.26. The Kier molecular flexibility index (Phi) is 4.33. The number of para-hydroxylation sites is 1. The predicted octanol–water partition coefficient (Wildman–Crippen LogP) is 3.25. The van der Waals surface area contributed by atoms with Gasteiger partial charge in [-0.05, 0) is 31.7 Å². The Labute approximate surface area is 150 Å². The number of aromatic amines is 1. The molecule has 0 radical (unpaired) electrons. The maximum absolute atomic E-state index is 12.5. The van der Waals surface area contributed by atoms with Crippen molar-refractivity contribution in [3.63, 3.8) is 0 Å². The van der Waals surface area contributed by atoms with Crippen LogP contribution in [0.4, 0.5) is 0 Å². The average Bonchev–Trinajstić information content (AvgIpc) is 2.97. The van der Waals surface area contributed by atoms with Gasteiger partial charge < -0.3 is 9.88 Å². The van der Waals surface area contributed by atoms with Gasteiger partial charge in [-0.15, -0.1) is 10.2 Å². The van der Waals surface area contributed by atoms with Crippen molar-refractivity contribution >= 4 is 39.7 Å². The summed E-state index contributed by atoms with van der Waals surface area (Å²) in [5.74, 6) is 1.21. The Morgan fingerprint density at radius 2 is 2.16 bits per heavy atom. The third kappa shape index (κ3) is 3.20. The van der Waals surface area contributed by atoms with Gasteiger partial charge in [0, 0.05) is 23.5 Å². The first-order chi connectivity index (χ1) is 12.1. The number of nitrogens with zero attached hydrogens (tertiary/aromatic N) is 4. The second-order valence-electron chi connectivity index (χ2n) is 6.82. The number of nitrogens with one attached hydrogen (secondary N) is 1. The van der Waals surface area contributed by atoms with E-state index >= 15 is 0 Å². The van der Waals surface area contributed by atoms with E-state index in [0.29, 0.717) is 28.5 Å². The van der Waals surface area contributed by atoms with Crippen LogP contribution >= 0.6 is 11.8 Å². The van der Waals surface area contributed by atoms with Gasteiger partial charge in [0.25, 0.3) is 0 Å². The molecule has 1 aliphatic rings. The molecule has 3 heterocycles. The van der Waals surface area contributed by atoms with Gasteiger partial charge in [-0.1, -0.05) is 36.9 Å². The number of rotatable bonds is 3. The van der Waals surface area contributed by atoms with E-state index in [2.05, 4.69) is 34.0 Å². The van der Waals surface area contributed by atoms with Gasteiger partial charge in [-0.2, -0.15) is 0 Å². The van der Waals surface area contributed by atoms with Gasteiger partial charge >= 0.3 is 0 Å². The van der Waals surface area contributed by atoms with E-state index in [0.717, 1.165) is 35.8 Å². The maximum Gasteiger partial charge on any atom is 0.233 e. The van der Waals surface area contributed by atoms with E-state index < -0.39 is 0 Å². The highest BCUT2D eigenvalue weighted by Crippen LogP contribution is 2.25. The van der Waals surface area contributed by atoms with Crippen molar-refractivity contribution < 1.29 is 4.79 Å². The number of aromatic nitrogens is 4. The van der Waals surface area contributed by atoms with Crippen LogP contribution in [0.25, 0.3) is 22.1 Å². The lowest BCUT2D eigenvalue weighted by Crippen LogP contribution is -2.45. The highest BCUT2D eigenvalue weighted by molar-refractivity contribution is 7.99. The van der Waals surface area contributed by atoms with Gasteiger partial charge in [0.2, 0.25) is 11.1 Å². The molecule has 130 valence electrons. The fourth-order valence-corrected chi connectivity index (χ4v) is 4.23. The molecule has 0 unspecified atom stereocenters. The summed E-state index contributed by atoms with van der Waals surface area (Å²) in [7, 11) is 0. The molecule has 3 aromatic rings. The summed E-state index contributed by atoms with van der Waals surface area (Å²) in [6.45, 7) is 5.23. The van der Waals surface area contributed by atoms with E-state index in [4.69, 9.17) is 0 Å². The van der Waals surface area contributed by atoms with E-state index in [1.54, 1.807) is 0 Å². The van der Waals surface area contributed by atoms with Gasteiger partial charge in [0.05, 0.1) is 5.75 Å². The first kappa shape index (κ1) is 16.3. The molecular weight excluding hydrogens is 334 g/mol. The lowest BCUT2D eigenvalue weighted by Gasteiger charge is -2.36. The number of benzene rings is 1. The number of H-pyrrole nitrogens is 1. The summed E-state index contributed by atoms with van der Waals surface area (Å²) in [5, 5.41) is 10.0. The summed E-state index contributed by atoms with van der Waals surface area (Å²) in [5.41, 5.74) is 2.48. The van der Waals surface area contributed by atoms with E-state index in [-0.39, 0.29) is 5.91 Å². The standard InChI is InChI=1S/C18H21N5OS/c1-11-7-8-23(12(2)9-11)15(24)10-25-18-20-17-16(21-22-18)13-5-3-4-6-14(13)19-17/h3-6,11-12H,7-10H2,1-2H3,(H,19,20,22)/t11-,12-/m0/s1. The minimum absolute atomic E-state index is 0.157. The molecule has 7 heteroatoms. The molecule has 1 aromatic carbocycles. The minimum atomic E-state index is 0.157. The zero-order valence-corrected chi connectivity index (χ0v) is 15.2. The van der Waals surface area contributed by atoms with Crippen LogP contribution in [-0.2, 0) is 4.79 Å². The Bertz CT molecular complexity index is 924. The van der Waals surface area contributed by atoms with Crippen LogP contribution in [0.3, 0.4) is 0 Å². The number of carbonyl (C=O) groups is 1. The topological polar surface area (TPSA) is 74.8 Å². The summed E-state index contributed by atoms with van der Waals surface area (Å²) in [6.07, 6.45) is 2.16. The summed E-state index contributed by atoms with van der Waals surface area (Å²) >= 11 is 1.35. The van der Waals surface area contributed by atoms with Crippen LogP contribution in [0.2, 0.25) is 0 Å². The molecule has 2 atom stereocenters. The number of thioether (sulfide) groups is 1. The lowest BCUT2D eigenvalue weighted by molar-refractivity contribution is -0.132. The van der Waals surface area contributed by atoms with Crippen LogP contribution in [0.15, 0.2) is 29.4 Å². The monoisotopic (exact) mass is 355 g/mol. The average molecular weight is 355 g/mol. The van der Waals surface area contributed by atoms with Crippen molar-refractivity contribution in [2.24, 2.45) is 5.92 Å². The maximum atomic E-state index is 12.5. The molecule has 1 amide bonds.